The molecule has 0 saturated carbocycles. The Morgan fingerprint density at radius 1 is 1.00 bits per heavy atom. The van der Waals surface area contributed by atoms with Gasteiger partial charge in [0.1, 0.15) is 5.82 Å². The largest absolute Gasteiger partial charge is 0.417 e. The maximum atomic E-state index is 12.3. The summed E-state index contributed by atoms with van der Waals surface area (Å²) in [5, 5.41) is 3.01. The zero-order chi connectivity index (χ0) is 13.7. The number of alkyl halides is 3. The molecule has 0 amide bonds. The van der Waals surface area contributed by atoms with Crippen LogP contribution in [0.4, 0.5) is 13.2 Å². The van der Waals surface area contributed by atoms with E-state index < -0.39 is 11.7 Å². The van der Waals surface area contributed by atoms with E-state index in [0.29, 0.717) is 24.6 Å². The molecule has 100 valence electrons. The van der Waals surface area contributed by atoms with Gasteiger partial charge in [0.15, 0.2) is 0 Å². The Balaban J connectivity index is 1.87. The van der Waals surface area contributed by atoms with Gasteiger partial charge >= 0.3 is 6.18 Å². The molecule has 19 heavy (non-hydrogen) atoms. The average Bonchev–Trinajstić information content (AvgIpc) is 2.39. The predicted molar refractivity (Wildman–Crippen MR) is 61.8 cm³/mol. The Hall–Kier alpha value is -2.02. The summed E-state index contributed by atoms with van der Waals surface area (Å²) in [6.45, 7) is 0.792. The van der Waals surface area contributed by atoms with E-state index in [9.17, 15) is 13.2 Å². The van der Waals surface area contributed by atoms with Gasteiger partial charge in [-0.1, -0.05) is 0 Å². The lowest BCUT2D eigenvalue weighted by Gasteiger charge is -2.07. The maximum absolute atomic E-state index is 12.3. The lowest BCUT2D eigenvalue weighted by Crippen LogP contribution is -2.16. The zero-order valence-electron chi connectivity index (χ0n) is 9.85. The van der Waals surface area contributed by atoms with E-state index in [4.69, 9.17) is 0 Å². The Bertz CT molecular complexity index is 511. The van der Waals surface area contributed by atoms with Crippen molar-refractivity contribution in [3.63, 3.8) is 0 Å². The first-order valence-corrected chi connectivity index (χ1v) is 5.54. The summed E-state index contributed by atoms with van der Waals surface area (Å²) < 4.78 is 37.0. The molecule has 0 atom stereocenters. The Morgan fingerprint density at radius 2 is 1.74 bits per heavy atom. The number of nitrogens with zero attached hydrogens (tertiary/aromatic N) is 3. The molecule has 1 N–H and O–H groups in total. The van der Waals surface area contributed by atoms with E-state index in [1.54, 1.807) is 18.5 Å². The first-order chi connectivity index (χ1) is 9.05. The number of rotatable bonds is 4. The van der Waals surface area contributed by atoms with Crippen molar-refractivity contribution in [1.29, 1.82) is 0 Å². The second-order valence-electron chi connectivity index (χ2n) is 3.80. The number of hydrogen-bond donors (Lipinski definition) is 1. The Morgan fingerprint density at radius 3 is 2.32 bits per heavy atom. The fraction of sp³-hybridized carbons (Fsp3) is 0.250. The summed E-state index contributed by atoms with van der Waals surface area (Å²) in [4.78, 5) is 11.8. The van der Waals surface area contributed by atoms with Crippen molar-refractivity contribution >= 4 is 0 Å². The van der Waals surface area contributed by atoms with Crippen LogP contribution >= 0.6 is 0 Å². The Labute approximate surface area is 107 Å². The molecule has 0 aliphatic carbocycles. The molecule has 2 aromatic rings. The van der Waals surface area contributed by atoms with Gasteiger partial charge in [0.2, 0.25) is 0 Å². The van der Waals surface area contributed by atoms with Crippen LogP contribution in [0.5, 0.6) is 0 Å². The van der Waals surface area contributed by atoms with Gasteiger partial charge in [-0.05, 0) is 18.2 Å². The molecule has 2 aromatic heterocycles. The monoisotopic (exact) mass is 268 g/mol. The average molecular weight is 268 g/mol. The fourth-order valence-electron chi connectivity index (χ4n) is 1.42. The number of halogens is 3. The maximum Gasteiger partial charge on any atom is 0.417 e. The van der Waals surface area contributed by atoms with Crippen molar-refractivity contribution in [1.82, 2.24) is 20.3 Å². The van der Waals surface area contributed by atoms with Crippen LogP contribution in [0, 0.1) is 0 Å². The second-order valence-corrected chi connectivity index (χ2v) is 3.80. The van der Waals surface area contributed by atoms with Gasteiger partial charge < -0.3 is 5.32 Å². The van der Waals surface area contributed by atoms with E-state index >= 15 is 0 Å². The molecule has 0 bridgehead atoms. The Kier molecular flexibility index (Phi) is 4.06. The molecule has 0 spiro atoms. The van der Waals surface area contributed by atoms with Gasteiger partial charge in [0.25, 0.3) is 0 Å². The summed E-state index contributed by atoms with van der Waals surface area (Å²) >= 11 is 0. The molecule has 0 saturated heterocycles. The van der Waals surface area contributed by atoms with Gasteiger partial charge in [-0.25, -0.2) is 9.97 Å². The standard InChI is InChI=1S/C12H11F3N4/c13-12(14,15)9-2-3-10(19-6-9)7-16-8-11-17-4-1-5-18-11/h1-6,16H,7-8H2. The summed E-state index contributed by atoms with van der Waals surface area (Å²) in [7, 11) is 0. The lowest BCUT2D eigenvalue weighted by molar-refractivity contribution is -0.137. The molecule has 0 fully saturated rings. The van der Waals surface area contributed by atoms with Crippen LogP contribution < -0.4 is 5.32 Å². The van der Waals surface area contributed by atoms with Crippen LogP contribution in [-0.2, 0) is 19.3 Å². The van der Waals surface area contributed by atoms with Gasteiger partial charge in [0, 0.05) is 25.1 Å². The van der Waals surface area contributed by atoms with Crippen LogP contribution in [0.1, 0.15) is 17.1 Å². The van der Waals surface area contributed by atoms with Gasteiger partial charge in [-0.15, -0.1) is 0 Å². The van der Waals surface area contributed by atoms with E-state index in [1.165, 1.54) is 6.07 Å². The normalized spacial score (nSPS) is 11.5. The molecule has 0 aliphatic heterocycles. The topological polar surface area (TPSA) is 50.7 Å². The highest BCUT2D eigenvalue weighted by molar-refractivity contribution is 5.16. The minimum atomic E-state index is -4.35. The van der Waals surface area contributed by atoms with Crippen LogP contribution in [0.3, 0.4) is 0 Å². The molecule has 0 aromatic carbocycles. The van der Waals surface area contributed by atoms with Crippen molar-refractivity contribution in [3.05, 3.63) is 53.9 Å². The van der Waals surface area contributed by atoms with Gasteiger partial charge in [0.05, 0.1) is 17.8 Å². The van der Waals surface area contributed by atoms with Crippen LogP contribution in [0.15, 0.2) is 36.8 Å². The first kappa shape index (κ1) is 13.4. The van der Waals surface area contributed by atoms with Crippen molar-refractivity contribution in [2.24, 2.45) is 0 Å². The lowest BCUT2D eigenvalue weighted by atomic mass is 10.2. The molecule has 0 radical (unpaired) electrons. The molecular weight excluding hydrogens is 257 g/mol. The molecular formula is C12H11F3N4. The van der Waals surface area contributed by atoms with Crippen LogP contribution in [0.2, 0.25) is 0 Å². The van der Waals surface area contributed by atoms with Crippen molar-refractivity contribution < 1.29 is 13.2 Å². The number of pyridine rings is 1. The highest BCUT2D eigenvalue weighted by Crippen LogP contribution is 2.28. The van der Waals surface area contributed by atoms with Gasteiger partial charge in [-0.2, -0.15) is 13.2 Å². The second kappa shape index (κ2) is 5.75. The summed E-state index contributed by atoms with van der Waals surface area (Å²) in [6.07, 6.45) is -0.270. The fourth-order valence-corrected chi connectivity index (χ4v) is 1.42. The van der Waals surface area contributed by atoms with Crippen LogP contribution in [0.25, 0.3) is 0 Å². The number of nitrogens with one attached hydrogen (secondary N) is 1. The molecule has 4 nitrogen and oxygen atoms in total. The predicted octanol–water partition coefficient (Wildman–Crippen LogP) is 2.18. The van der Waals surface area contributed by atoms with Crippen molar-refractivity contribution in [3.8, 4) is 0 Å². The first-order valence-electron chi connectivity index (χ1n) is 5.54. The number of aromatic nitrogens is 3. The van der Waals surface area contributed by atoms with E-state index in [1.807, 2.05) is 0 Å². The van der Waals surface area contributed by atoms with Crippen molar-refractivity contribution in [2.45, 2.75) is 19.3 Å². The molecule has 2 heterocycles. The van der Waals surface area contributed by atoms with E-state index in [2.05, 4.69) is 20.3 Å². The van der Waals surface area contributed by atoms with E-state index in [0.717, 1.165) is 12.3 Å². The summed E-state index contributed by atoms with van der Waals surface area (Å²) in [5.74, 6) is 0.620. The third-order valence-electron chi connectivity index (χ3n) is 2.36. The summed E-state index contributed by atoms with van der Waals surface area (Å²) in [5.41, 5.74) is -0.216. The summed E-state index contributed by atoms with van der Waals surface area (Å²) in [6, 6.07) is 4.08. The highest BCUT2D eigenvalue weighted by Gasteiger charge is 2.30. The van der Waals surface area contributed by atoms with Crippen molar-refractivity contribution in [2.75, 3.05) is 0 Å². The minimum absolute atomic E-state index is 0.358. The third kappa shape index (κ3) is 3.99. The smallest absolute Gasteiger partial charge is 0.304 e. The highest BCUT2D eigenvalue weighted by atomic mass is 19.4. The van der Waals surface area contributed by atoms with Crippen LogP contribution in [-0.4, -0.2) is 15.0 Å². The molecule has 7 heteroatoms. The third-order valence-corrected chi connectivity index (χ3v) is 2.36. The molecule has 0 unspecified atom stereocenters. The quantitative estimate of drug-likeness (QED) is 0.923. The SMILES string of the molecule is FC(F)(F)c1ccc(CNCc2ncccn2)nc1. The van der Waals surface area contributed by atoms with E-state index in [-0.39, 0.29) is 0 Å². The minimum Gasteiger partial charge on any atom is -0.304 e. The van der Waals surface area contributed by atoms with Gasteiger partial charge in [-0.3, -0.25) is 4.98 Å². The molecule has 2 rings (SSSR count). The number of hydrogen-bond acceptors (Lipinski definition) is 4. The molecule has 0 aliphatic rings. The zero-order valence-corrected chi connectivity index (χ0v) is 9.85.